The van der Waals surface area contributed by atoms with E-state index in [9.17, 15) is 23.9 Å². The van der Waals surface area contributed by atoms with Crippen LogP contribution in [0.25, 0.3) is 0 Å². The number of esters is 1. The molecule has 0 saturated carbocycles. The van der Waals surface area contributed by atoms with E-state index in [2.05, 4.69) is 20.7 Å². The van der Waals surface area contributed by atoms with Gasteiger partial charge in [-0.1, -0.05) is 12.1 Å². The number of carbonyl (C=O) groups excluding carboxylic acids is 3. The number of rotatable bonds is 2. The first kappa shape index (κ1) is 16.1. The minimum atomic E-state index is -1.14. The smallest absolute Gasteiger partial charge is 0.344 e. The molecule has 3 rings (SSSR count). The second kappa shape index (κ2) is 5.72. The van der Waals surface area contributed by atoms with Crippen LogP contribution in [-0.2, 0) is 4.74 Å². The van der Waals surface area contributed by atoms with E-state index in [0.717, 1.165) is 13.2 Å². The highest BCUT2D eigenvalue weighted by Crippen LogP contribution is 2.40. The van der Waals surface area contributed by atoms with Crippen LogP contribution in [0.3, 0.4) is 0 Å². The SMILES string of the molecule is COC(=O)c1c(O)c(N2C(=O)c3ccccc3C2=O)cc(Br)c1F. The molecule has 0 spiro atoms. The molecule has 24 heavy (non-hydrogen) atoms. The third-order valence-corrected chi connectivity index (χ3v) is 4.17. The fourth-order valence-corrected chi connectivity index (χ4v) is 2.89. The van der Waals surface area contributed by atoms with Crippen LogP contribution in [0.15, 0.2) is 34.8 Å². The Morgan fingerprint density at radius 3 is 2.25 bits per heavy atom. The highest BCUT2D eigenvalue weighted by atomic mass is 79.9. The molecular formula is C16H9BrFNO5. The topological polar surface area (TPSA) is 83.9 Å². The molecule has 1 aliphatic rings. The largest absolute Gasteiger partial charge is 0.505 e. The summed E-state index contributed by atoms with van der Waals surface area (Å²) in [4.78, 5) is 37.4. The lowest BCUT2D eigenvalue weighted by molar-refractivity contribution is 0.0591. The fourth-order valence-electron chi connectivity index (χ4n) is 2.47. The van der Waals surface area contributed by atoms with Gasteiger partial charge in [0.1, 0.15) is 5.56 Å². The van der Waals surface area contributed by atoms with Crippen molar-refractivity contribution in [3.63, 3.8) is 0 Å². The number of aromatic hydroxyl groups is 1. The van der Waals surface area contributed by atoms with Gasteiger partial charge in [-0.15, -0.1) is 0 Å². The Bertz CT molecular complexity index is 877. The molecule has 0 unspecified atom stereocenters. The van der Waals surface area contributed by atoms with Gasteiger partial charge in [-0.05, 0) is 34.1 Å². The molecule has 0 fully saturated rings. The number of nitrogens with zero attached hydrogens (tertiary/aromatic N) is 1. The standard InChI is InChI=1S/C16H9BrFNO5/c1-24-16(23)11-12(18)9(17)6-10(13(11)20)19-14(21)7-4-2-3-5-8(7)15(19)22/h2-6,20H,1H3. The van der Waals surface area contributed by atoms with Crippen LogP contribution in [0.2, 0.25) is 0 Å². The van der Waals surface area contributed by atoms with Crippen molar-refractivity contribution in [2.24, 2.45) is 0 Å². The summed E-state index contributed by atoms with van der Waals surface area (Å²) < 4.78 is 18.4. The molecule has 6 nitrogen and oxygen atoms in total. The summed E-state index contributed by atoms with van der Waals surface area (Å²) in [6.07, 6.45) is 0. The fraction of sp³-hybridized carbons (Fsp3) is 0.0625. The van der Waals surface area contributed by atoms with Gasteiger partial charge in [-0.2, -0.15) is 0 Å². The van der Waals surface area contributed by atoms with E-state index in [4.69, 9.17) is 0 Å². The Balaban J connectivity index is 2.22. The van der Waals surface area contributed by atoms with Crippen molar-refractivity contribution in [2.45, 2.75) is 0 Å². The Morgan fingerprint density at radius 2 is 1.75 bits per heavy atom. The number of halogens is 2. The molecule has 1 heterocycles. The number of benzene rings is 2. The average Bonchev–Trinajstić information content (AvgIpc) is 2.83. The second-order valence-electron chi connectivity index (χ2n) is 4.90. The first-order valence-electron chi connectivity index (χ1n) is 6.65. The number of imide groups is 1. The summed E-state index contributed by atoms with van der Waals surface area (Å²) in [7, 11) is 1.02. The van der Waals surface area contributed by atoms with Crippen molar-refractivity contribution >= 4 is 39.4 Å². The third kappa shape index (κ3) is 2.18. The van der Waals surface area contributed by atoms with E-state index >= 15 is 0 Å². The lowest BCUT2D eigenvalue weighted by Gasteiger charge is -2.18. The normalized spacial score (nSPS) is 13.2. The molecule has 1 N–H and O–H groups in total. The average molecular weight is 394 g/mol. The summed E-state index contributed by atoms with van der Waals surface area (Å²) in [6, 6.07) is 7.17. The number of fused-ring (bicyclic) bond motifs is 1. The zero-order valence-electron chi connectivity index (χ0n) is 12.2. The Labute approximate surface area is 143 Å². The Kier molecular flexibility index (Phi) is 3.84. The maximum atomic E-state index is 14.1. The van der Waals surface area contributed by atoms with Crippen LogP contribution < -0.4 is 4.90 Å². The van der Waals surface area contributed by atoms with E-state index < -0.39 is 34.9 Å². The van der Waals surface area contributed by atoms with Gasteiger partial charge in [0, 0.05) is 0 Å². The maximum Gasteiger partial charge on any atom is 0.344 e. The number of ether oxygens (including phenoxy) is 1. The molecule has 2 aromatic carbocycles. The molecule has 2 amide bonds. The Morgan fingerprint density at radius 1 is 1.21 bits per heavy atom. The monoisotopic (exact) mass is 393 g/mol. The van der Waals surface area contributed by atoms with E-state index in [1.165, 1.54) is 12.1 Å². The minimum Gasteiger partial charge on any atom is -0.505 e. The number of amides is 2. The summed E-state index contributed by atoms with van der Waals surface area (Å²) in [5.41, 5.74) is -0.766. The van der Waals surface area contributed by atoms with Gasteiger partial charge in [0.15, 0.2) is 11.6 Å². The van der Waals surface area contributed by atoms with E-state index in [-0.39, 0.29) is 21.3 Å². The second-order valence-corrected chi connectivity index (χ2v) is 5.75. The predicted molar refractivity (Wildman–Crippen MR) is 84.7 cm³/mol. The Hall–Kier alpha value is -2.74. The lowest BCUT2D eigenvalue weighted by Crippen LogP contribution is -2.30. The van der Waals surface area contributed by atoms with E-state index in [1.54, 1.807) is 12.1 Å². The molecular weight excluding hydrogens is 385 g/mol. The minimum absolute atomic E-state index is 0.155. The van der Waals surface area contributed by atoms with E-state index in [0.29, 0.717) is 4.90 Å². The highest BCUT2D eigenvalue weighted by molar-refractivity contribution is 9.10. The van der Waals surface area contributed by atoms with Gasteiger partial charge < -0.3 is 9.84 Å². The molecule has 0 saturated heterocycles. The third-order valence-electron chi connectivity index (χ3n) is 3.60. The maximum absolute atomic E-state index is 14.1. The zero-order valence-corrected chi connectivity index (χ0v) is 13.8. The molecule has 0 aliphatic carbocycles. The summed E-state index contributed by atoms with van der Waals surface area (Å²) >= 11 is 2.91. The van der Waals surface area contributed by atoms with Crippen LogP contribution in [0.1, 0.15) is 31.1 Å². The van der Waals surface area contributed by atoms with Crippen LogP contribution >= 0.6 is 15.9 Å². The van der Waals surface area contributed by atoms with Crippen molar-refractivity contribution < 1.29 is 28.6 Å². The molecule has 8 heteroatoms. The number of methoxy groups -OCH3 is 1. The number of phenols is 1. The molecule has 0 aromatic heterocycles. The van der Waals surface area contributed by atoms with Gasteiger partial charge in [0.2, 0.25) is 0 Å². The van der Waals surface area contributed by atoms with Crippen molar-refractivity contribution in [1.82, 2.24) is 0 Å². The summed E-state index contributed by atoms with van der Waals surface area (Å²) in [5, 5.41) is 10.3. The number of phenolic OH excluding ortho intramolecular Hbond substituents is 1. The van der Waals surface area contributed by atoms with Crippen molar-refractivity contribution in [1.29, 1.82) is 0 Å². The van der Waals surface area contributed by atoms with Gasteiger partial charge in [-0.3, -0.25) is 9.59 Å². The van der Waals surface area contributed by atoms with Crippen molar-refractivity contribution in [2.75, 3.05) is 12.0 Å². The summed E-state index contributed by atoms with van der Waals surface area (Å²) in [6.45, 7) is 0. The van der Waals surface area contributed by atoms with Gasteiger partial charge in [0.25, 0.3) is 11.8 Å². The van der Waals surface area contributed by atoms with Crippen molar-refractivity contribution in [3.05, 3.63) is 57.3 Å². The molecule has 0 radical (unpaired) electrons. The van der Waals surface area contributed by atoms with Gasteiger partial charge >= 0.3 is 5.97 Å². The summed E-state index contributed by atoms with van der Waals surface area (Å²) in [5.74, 6) is -4.40. The number of carbonyl (C=O) groups is 3. The molecule has 1 aliphatic heterocycles. The first-order chi connectivity index (χ1) is 11.4. The van der Waals surface area contributed by atoms with Gasteiger partial charge in [0.05, 0.1) is 28.4 Å². The number of hydrogen-bond acceptors (Lipinski definition) is 5. The van der Waals surface area contributed by atoms with Crippen LogP contribution in [0.5, 0.6) is 5.75 Å². The molecule has 122 valence electrons. The lowest BCUT2D eigenvalue weighted by atomic mass is 10.1. The highest BCUT2D eigenvalue weighted by Gasteiger charge is 2.39. The van der Waals surface area contributed by atoms with Gasteiger partial charge in [-0.25, -0.2) is 14.1 Å². The molecule has 0 bridgehead atoms. The quantitative estimate of drug-likeness (QED) is 0.626. The first-order valence-corrected chi connectivity index (χ1v) is 7.44. The zero-order chi connectivity index (χ0) is 17.6. The van der Waals surface area contributed by atoms with Crippen LogP contribution in [0.4, 0.5) is 10.1 Å². The molecule has 0 atom stereocenters. The van der Waals surface area contributed by atoms with Crippen molar-refractivity contribution in [3.8, 4) is 5.75 Å². The predicted octanol–water partition coefficient (Wildman–Crippen LogP) is 2.88. The van der Waals surface area contributed by atoms with Crippen LogP contribution in [-0.4, -0.2) is 30.0 Å². The van der Waals surface area contributed by atoms with E-state index in [1.807, 2.05) is 0 Å². The number of hydrogen-bond donors (Lipinski definition) is 1. The van der Waals surface area contributed by atoms with Crippen LogP contribution in [0, 0.1) is 5.82 Å². The molecule has 2 aromatic rings. The number of anilines is 1.